The van der Waals surface area contributed by atoms with Gasteiger partial charge in [0.25, 0.3) is 0 Å². The minimum atomic E-state index is 0.137. The van der Waals surface area contributed by atoms with Crippen LogP contribution in [0.15, 0.2) is 48.5 Å². The van der Waals surface area contributed by atoms with Crippen LogP contribution in [0.1, 0.15) is 52.7 Å². The molecule has 6 heteroatoms. The topological polar surface area (TPSA) is 0 Å². The molecule has 0 spiro atoms. The second-order valence-corrected chi connectivity index (χ2v) is 14.3. The van der Waals surface area contributed by atoms with Crippen molar-refractivity contribution in [1.82, 2.24) is 0 Å². The summed E-state index contributed by atoms with van der Waals surface area (Å²) < 4.78 is 0. The zero-order valence-corrected chi connectivity index (χ0v) is 29.3. The Hall–Kier alpha value is 0.377. The predicted octanol–water partition coefficient (Wildman–Crippen LogP) is 9.12. The summed E-state index contributed by atoms with van der Waals surface area (Å²) in [6.07, 6.45) is 22.7. The van der Waals surface area contributed by atoms with Crippen LogP contribution in [0.5, 0.6) is 0 Å². The average molecular weight is 900 g/mol. The molecular weight excluding hydrogens is 859 g/mol. The van der Waals surface area contributed by atoms with Crippen LogP contribution in [0, 0.1) is 24.7 Å². The Morgan fingerprint density at radius 3 is 0.853 bits per heavy atom. The Kier molecular flexibility index (Phi) is 33.9. The van der Waals surface area contributed by atoms with E-state index in [0.29, 0.717) is 0 Å². The van der Waals surface area contributed by atoms with Crippen LogP contribution >= 0.6 is 34.7 Å². The summed E-state index contributed by atoms with van der Waals surface area (Å²) in [6.45, 7) is 13.8. The number of benzene rings is 2. The Morgan fingerprint density at radius 2 is 0.735 bits per heavy atom. The quantitative estimate of drug-likeness (QED) is 0.148. The van der Waals surface area contributed by atoms with Crippen LogP contribution in [0.4, 0.5) is 0 Å². The van der Waals surface area contributed by atoms with Crippen molar-refractivity contribution in [3.8, 4) is 23.0 Å². The van der Waals surface area contributed by atoms with E-state index in [4.69, 9.17) is 12.8 Å². The molecule has 0 amide bonds. The summed E-state index contributed by atoms with van der Waals surface area (Å²) in [5.41, 5.74) is 3.73. The Bertz CT molecular complexity index is 680. The van der Waals surface area contributed by atoms with E-state index in [9.17, 15) is 0 Å². The molecule has 34 heavy (non-hydrogen) atoms. The monoisotopic (exact) mass is 898 g/mol. The van der Waals surface area contributed by atoms with E-state index in [0.717, 1.165) is 22.3 Å². The molecule has 2 aromatic carbocycles. The predicted molar refractivity (Wildman–Crippen MR) is 156 cm³/mol. The van der Waals surface area contributed by atoms with Crippen LogP contribution in [-0.2, 0) is 37.5 Å². The SMILES string of the molecule is CC[PH+](CC)CC.CC[PH+](CC)CC.[C-]#Cc1ccc(-c2ccc(C#[C-])cc2)cc1.[Cl][Pt+].[Cl][Pt+]. The first-order valence-corrected chi connectivity index (χ1v) is 21.4. The van der Waals surface area contributed by atoms with E-state index >= 15 is 0 Å². The summed E-state index contributed by atoms with van der Waals surface area (Å²) in [5, 5.41) is 0. The molecule has 0 heterocycles. The molecule has 0 saturated heterocycles. The molecule has 0 saturated carbocycles. The van der Waals surface area contributed by atoms with Crippen LogP contribution in [0.3, 0.4) is 0 Å². The maximum absolute atomic E-state index is 6.99. The molecule has 0 nitrogen and oxygen atoms in total. The third-order valence-electron chi connectivity index (χ3n) is 5.39. The van der Waals surface area contributed by atoms with Gasteiger partial charge >= 0.3 is 56.4 Å². The van der Waals surface area contributed by atoms with Crippen molar-refractivity contribution in [3.63, 3.8) is 0 Å². The molecule has 0 aliphatic rings. The maximum atomic E-state index is 6.99. The van der Waals surface area contributed by atoms with Crippen molar-refractivity contribution in [2.24, 2.45) is 0 Å². The summed E-state index contributed by atoms with van der Waals surface area (Å²) in [4.78, 5) is 0. The van der Waals surface area contributed by atoms with Gasteiger partial charge in [0.05, 0.1) is 37.0 Å². The molecule has 0 unspecified atom stereocenters. The molecule has 0 N–H and O–H groups in total. The first kappa shape index (κ1) is 38.9. The molecule has 0 bridgehead atoms. The van der Waals surface area contributed by atoms with Crippen molar-refractivity contribution >= 4 is 34.7 Å². The van der Waals surface area contributed by atoms with Crippen LogP contribution < -0.4 is 0 Å². The third kappa shape index (κ3) is 19.6. The van der Waals surface area contributed by atoms with E-state index in [2.05, 4.69) is 72.2 Å². The van der Waals surface area contributed by atoms with Gasteiger partial charge in [-0.25, -0.2) is 0 Å². The van der Waals surface area contributed by atoms with Crippen molar-refractivity contribution in [2.45, 2.75) is 41.5 Å². The fourth-order valence-corrected chi connectivity index (χ4v) is 5.99. The molecule has 0 atom stereocenters. The van der Waals surface area contributed by atoms with E-state index in [1.807, 2.05) is 48.5 Å². The van der Waals surface area contributed by atoms with E-state index < -0.39 is 0 Å². The van der Waals surface area contributed by atoms with Crippen molar-refractivity contribution < 1.29 is 37.5 Å². The van der Waals surface area contributed by atoms with Crippen LogP contribution in [0.25, 0.3) is 11.1 Å². The van der Waals surface area contributed by atoms with Gasteiger partial charge in [-0.05, 0) is 68.5 Å². The molecule has 0 radical (unpaired) electrons. The van der Waals surface area contributed by atoms with Gasteiger partial charge in [0.15, 0.2) is 0 Å². The molecular formula is C28H40Cl2P2Pt2+2. The number of halogens is 2. The van der Waals surface area contributed by atoms with Crippen molar-refractivity contribution in [2.75, 3.05) is 37.0 Å². The first-order chi connectivity index (χ1) is 16.5. The Labute approximate surface area is 244 Å². The van der Waals surface area contributed by atoms with Gasteiger partial charge in [-0.1, -0.05) is 24.3 Å². The van der Waals surface area contributed by atoms with Crippen LogP contribution in [0.2, 0.25) is 0 Å². The van der Waals surface area contributed by atoms with Gasteiger partial charge in [0.1, 0.15) is 0 Å². The van der Waals surface area contributed by atoms with E-state index in [1.165, 1.54) is 37.0 Å². The summed E-state index contributed by atoms with van der Waals surface area (Å²) in [7, 11) is 9.50. The molecule has 0 fully saturated rings. The van der Waals surface area contributed by atoms with Crippen LogP contribution in [-0.4, -0.2) is 37.0 Å². The van der Waals surface area contributed by atoms with Gasteiger partial charge in [-0.2, -0.15) is 0 Å². The van der Waals surface area contributed by atoms with Crippen molar-refractivity contribution in [1.29, 1.82) is 0 Å². The number of hydrogen-bond donors (Lipinski definition) is 0. The Balaban J connectivity index is -0.000000450. The summed E-state index contributed by atoms with van der Waals surface area (Å²) in [6, 6.07) is 15.3. The molecule has 2 rings (SSSR count). The molecule has 0 aromatic heterocycles. The van der Waals surface area contributed by atoms with E-state index in [-0.39, 0.29) is 15.8 Å². The second kappa shape index (κ2) is 29.6. The molecule has 194 valence electrons. The molecule has 2 aromatic rings. The van der Waals surface area contributed by atoms with Crippen molar-refractivity contribution in [3.05, 3.63) is 72.5 Å². The number of rotatable bonds is 7. The van der Waals surface area contributed by atoms with Gasteiger partial charge in [0.2, 0.25) is 0 Å². The zero-order valence-electron chi connectivity index (χ0n) is 21.2. The van der Waals surface area contributed by atoms with E-state index in [1.54, 1.807) is 37.5 Å². The van der Waals surface area contributed by atoms with Gasteiger partial charge < -0.3 is 12.8 Å². The van der Waals surface area contributed by atoms with Gasteiger partial charge in [-0.3, -0.25) is 11.8 Å². The summed E-state index contributed by atoms with van der Waals surface area (Å²) >= 11 is 3.22. The molecule has 0 aliphatic heterocycles. The third-order valence-corrected chi connectivity index (χ3v) is 11.4. The fraction of sp³-hybridized carbons (Fsp3) is 0.429. The zero-order chi connectivity index (χ0) is 26.8. The normalized spacial score (nSPS) is 8.94. The van der Waals surface area contributed by atoms with Gasteiger partial charge in [0, 0.05) is 0 Å². The van der Waals surface area contributed by atoms with Gasteiger partial charge in [-0.15, -0.1) is 35.4 Å². The fourth-order valence-electron chi connectivity index (χ4n) is 2.99. The summed E-state index contributed by atoms with van der Waals surface area (Å²) in [5.74, 6) is 4.68. The number of hydrogen-bond acceptors (Lipinski definition) is 0. The minimum absolute atomic E-state index is 0.137. The average Bonchev–Trinajstić information content (AvgIpc) is 2.94. The second-order valence-electron chi connectivity index (χ2n) is 7.03. The standard InChI is InChI=1S/C16H8.2C6H15P.2ClH.2Pt/c1-3-13-5-9-15(10-6-13)16-11-7-14(4-2)8-12-16;2*1-4-7(5-2)6-3;;;;/h5-12H;2*4-6H2,1-3H3;2*1H;;/q-2;;;;;2*+2. The molecule has 0 aliphatic carbocycles. The Morgan fingerprint density at radius 1 is 0.529 bits per heavy atom. The first-order valence-electron chi connectivity index (χ1n) is 11.5.